The van der Waals surface area contributed by atoms with Gasteiger partial charge in [-0.05, 0) is 17.7 Å². The summed E-state index contributed by atoms with van der Waals surface area (Å²) in [6.45, 7) is 1.33. The number of nitrogens with one attached hydrogen (secondary N) is 2. The van der Waals surface area contributed by atoms with Gasteiger partial charge in [-0.25, -0.2) is 0 Å². The Labute approximate surface area is 145 Å². The highest BCUT2D eigenvalue weighted by molar-refractivity contribution is 6.30. The number of carbonyl (C=O) groups is 3. The van der Waals surface area contributed by atoms with Crippen LogP contribution in [0.15, 0.2) is 24.3 Å². The fourth-order valence-corrected chi connectivity index (χ4v) is 2.72. The third-order valence-corrected chi connectivity index (χ3v) is 3.99. The Kier molecular flexibility index (Phi) is 6.57. The topological polar surface area (TPSA) is 87.7 Å². The summed E-state index contributed by atoms with van der Waals surface area (Å²) in [5.41, 5.74) is 0.887. The van der Waals surface area contributed by atoms with Crippen molar-refractivity contribution in [2.75, 3.05) is 26.7 Å². The van der Waals surface area contributed by atoms with Gasteiger partial charge in [0.25, 0.3) is 0 Å². The zero-order valence-corrected chi connectivity index (χ0v) is 14.1. The van der Waals surface area contributed by atoms with Crippen molar-refractivity contribution in [2.24, 2.45) is 0 Å². The van der Waals surface area contributed by atoms with E-state index in [1.54, 1.807) is 17.0 Å². The molecule has 0 bridgehead atoms. The highest BCUT2D eigenvalue weighted by Gasteiger charge is 2.32. The Hall–Kier alpha value is -2.12. The summed E-state index contributed by atoms with van der Waals surface area (Å²) in [7, 11) is 1.27. The third-order valence-electron chi connectivity index (χ3n) is 3.75. The van der Waals surface area contributed by atoms with Gasteiger partial charge in [-0.3, -0.25) is 19.3 Å². The molecule has 1 saturated heterocycles. The Bertz CT molecular complexity index is 623. The van der Waals surface area contributed by atoms with E-state index in [4.69, 9.17) is 11.6 Å². The van der Waals surface area contributed by atoms with Crippen molar-refractivity contribution in [3.63, 3.8) is 0 Å². The number of piperazine rings is 1. The number of esters is 1. The van der Waals surface area contributed by atoms with Gasteiger partial charge in [0, 0.05) is 24.7 Å². The fraction of sp³-hybridized carbons (Fsp3) is 0.438. The lowest BCUT2D eigenvalue weighted by Gasteiger charge is -2.33. The number of hydrogen-bond acceptors (Lipinski definition) is 5. The first-order valence-corrected chi connectivity index (χ1v) is 7.97. The maximum absolute atomic E-state index is 12.1. The second-order valence-electron chi connectivity index (χ2n) is 5.46. The number of hydrogen-bond donors (Lipinski definition) is 2. The molecule has 2 amide bonds. The van der Waals surface area contributed by atoms with Crippen molar-refractivity contribution in [1.82, 2.24) is 15.5 Å². The molecule has 1 aliphatic rings. The van der Waals surface area contributed by atoms with E-state index < -0.39 is 12.0 Å². The number of methoxy groups -OCH3 is 1. The lowest BCUT2D eigenvalue weighted by Crippen LogP contribution is -2.57. The summed E-state index contributed by atoms with van der Waals surface area (Å²) in [6, 6.07) is 6.52. The van der Waals surface area contributed by atoms with Crippen molar-refractivity contribution in [3.8, 4) is 0 Å². The summed E-state index contributed by atoms with van der Waals surface area (Å²) < 4.78 is 4.61. The molecule has 1 atom stereocenters. The molecule has 1 aromatic rings. The molecule has 0 radical (unpaired) electrons. The SMILES string of the molecule is COC(=O)C[C@H]1C(=O)NCCN1CC(=O)NCc1cccc(Cl)c1. The number of amides is 2. The highest BCUT2D eigenvalue weighted by atomic mass is 35.5. The molecule has 130 valence electrons. The molecule has 7 nitrogen and oxygen atoms in total. The first kappa shape index (κ1) is 18.2. The average molecular weight is 354 g/mol. The first-order valence-electron chi connectivity index (χ1n) is 7.59. The van der Waals surface area contributed by atoms with Crippen molar-refractivity contribution >= 4 is 29.4 Å². The molecule has 1 aliphatic heterocycles. The number of nitrogens with zero attached hydrogens (tertiary/aromatic N) is 1. The summed E-state index contributed by atoms with van der Waals surface area (Å²) >= 11 is 5.90. The predicted molar refractivity (Wildman–Crippen MR) is 88.3 cm³/mol. The molecule has 24 heavy (non-hydrogen) atoms. The number of benzene rings is 1. The number of halogens is 1. The van der Waals surface area contributed by atoms with E-state index in [2.05, 4.69) is 15.4 Å². The van der Waals surface area contributed by atoms with Crippen LogP contribution in [0.5, 0.6) is 0 Å². The number of carbonyl (C=O) groups excluding carboxylic acids is 3. The van der Waals surface area contributed by atoms with E-state index >= 15 is 0 Å². The molecule has 0 saturated carbocycles. The van der Waals surface area contributed by atoms with Crippen molar-refractivity contribution in [2.45, 2.75) is 19.0 Å². The van der Waals surface area contributed by atoms with E-state index in [1.165, 1.54) is 7.11 Å². The lowest BCUT2D eigenvalue weighted by atomic mass is 10.1. The molecule has 0 unspecified atom stereocenters. The van der Waals surface area contributed by atoms with Gasteiger partial charge in [0.1, 0.15) is 6.04 Å². The van der Waals surface area contributed by atoms with Gasteiger partial charge in [-0.15, -0.1) is 0 Å². The molecule has 2 rings (SSSR count). The molecule has 1 heterocycles. The first-order chi connectivity index (χ1) is 11.5. The van der Waals surface area contributed by atoms with E-state index in [0.29, 0.717) is 24.7 Å². The van der Waals surface area contributed by atoms with Crippen LogP contribution in [0, 0.1) is 0 Å². The van der Waals surface area contributed by atoms with E-state index in [0.717, 1.165) is 5.56 Å². The second-order valence-corrected chi connectivity index (χ2v) is 5.90. The van der Waals surface area contributed by atoms with Gasteiger partial charge in [-0.2, -0.15) is 0 Å². The average Bonchev–Trinajstić information content (AvgIpc) is 2.56. The Morgan fingerprint density at radius 1 is 1.46 bits per heavy atom. The van der Waals surface area contributed by atoms with Gasteiger partial charge in [0.2, 0.25) is 11.8 Å². The van der Waals surface area contributed by atoms with Gasteiger partial charge in [0.15, 0.2) is 0 Å². The zero-order valence-electron chi connectivity index (χ0n) is 13.4. The smallest absolute Gasteiger partial charge is 0.307 e. The fourth-order valence-electron chi connectivity index (χ4n) is 2.50. The molecule has 0 aliphatic carbocycles. The minimum atomic E-state index is -0.692. The third kappa shape index (κ3) is 5.21. The quantitative estimate of drug-likeness (QED) is 0.719. The zero-order chi connectivity index (χ0) is 17.5. The normalized spacial score (nSPS) is 17.9. The molecule has 2 N–H and O–H groups in total. The van der Waals surface area contributed by atoms with Crippen molar-refractivity contribution in [1.29, 1.82) is 0 Å². The van der Waals surface area contributed by atoms with Crippen LogP contribution in [0.3, 0.4) is 0 Å². The number of rotatable bonds is 6. The van der Waals surface area contributed by atoms with Crippen LogP contribution in [0.1, 0.15) is 12.0 Å². The van der Waals surface area contributed by atoms with E-state index in [1.807, 2.05) is 12.1 Å². The Morgan fingerprint density at radius 3 is 2.96 bits per heavy atom. The summed E-state index contributed by atoms with van der Waals surface area (Å²) in [5, 5.41) is 6.09. The van der Waals surface area contributed by atoms with Crippen LogP contribution in [0.4, 0.5) is 0 Å². The minimum absolute atomic E-state index is 0.0373. The van der Waals surface area contributed by atoms with E-state index in [-0.39, 0.29) is 24.8 Å². The largest absolute Gasteiger partial charge is 0.469 e. The summed E-state index contributed by atoms with van der Waals surface area (Å²) in [4.78, 5) is 37.2. The lowest BCUT2D eigenvalue weighted by molar-refractivity contribution is -0.146. The summed E-state index contributed by atoms with van der Waals surface area (Å²) in [5.74, 6) is -0.977. The van der Waals surface area contributed by atoms with Crippen LogP contribution in [-0.4, -0.2) is 55.5 Å². The minimum Gasteiger partial charge on any atom is -0.469 e. The number of ether oxygens (including phenoxy) is 1. The Morgan fingerprint density at radius 2 is 2.25 bits per heavy atom. The van der Waals surface area contributed by atoms with Crippen LogP contribution in [-0.2, 0) is 25.7 Å². The molecule has 8 heteroatoms. The molecular weight excluding hydrogens is 334 g/mol. The highest BCUT2D eigenvalue weighted by Crippen LogP contribution is 2.11. The van der Waals surface area contributed by atoms with Crippen molar-refractivity contribution < 1.29 is 19.1 Å². The molecule has 1 aromatic carbocycles. The van der Waals surface area contributed by atoms with Crippen LogP contribution >= 0.6 is 11.6 Å². The maximum atomic E-state index is 12.1. The second kappa shape index (κ2) is 8.65. The predicted octanol–water partition coefficient (Wildman–Crippen LogP) is 0.320. The van der Waals surface area contributed by atoms with E-state index in [9.17, 15) is 14.4 Å². The van der Waals surface area contributed by atoms with Crippen LogP contribution in [0.2, 0.25) is 5.02 Å². The van der Waals surface area contributed by atoms with Gasteiger partial charge in [-0.1, -0.05) is 23.7 Å². The van der Waals surface area contributed by atoms with Crippen LogP contribution < -0.4 is 10.6 Å². The molecule has 1 fully saturated rings. The van der Waals surface area contributed by atoms with Gasteiger partial charge >= 0.3 is 5.97 Å². The standard InChI is InChI=1S/C16H20ClN3O4/c1-24-15(22)8-13-16(23)18-5-6-20(13)10-14(21)19-9-11-3-2-4-12(17)7-11/h2-4,7,13H,5-6,8-10H2,1H3,(H,18,23)(H,19,21)/t13-/m0/s1. The van der Waals surface area contributed by atoms with Gasteiger partial charge < -0.3 is 15.4 Å². The Balaban J connectivity index is 1.90. The van der Waals surface area contributed by atoms with Gasteiger partial charge in [0.05, 0.1) is 20.1 Å². The molecular formula is C16H20ClN3O4. The maximum Gasteiger partial charge on any atom is 0.307 e. The summed E-state index contributed by atoms with van der Waals surface area (Å²) in [6.07, 6.45) is -0.0795. The molecule has 0 spiro atoms. The van der Waals surface area contributed by atoms with Crippen molar-refractivity contribution in [3.05, 3.63) is 34.9 Å². The van der Waals surface area contributed by atoms with Crippen LogP contribution in [0.25, 0.3) is 0 Å². The molecule has 0 aromatic heterocycles. The monoisotopic (exact) mass is 353 g/mol.